The summed E-state index contributed by atoms with van der Waals surface area (Å²) in [6.45, 7) is 7.05. The average Bonchev–Trinajstić information content (AvgIpc) is 2.48. The van der Waals surface area contributed by atoms with E-state index in [0.29, 0.717) is 26.2 Å². The number of rotatable bonds is 5. The molecule has 21 heavy (non-hydrogen) atoms. The van der Waals surface area contributed by atoms with Crippen molar-refractivity contribution in [3.63, 3.8) is 0 Å². The summed E-state index contributed by atoms with van der Waals surface area (Å²) in [6.07, 6.45) is 3.02. The van der Waals surface area contributed by atoms with Gasteiger partial charge in [0.05, 0.1) is 0 Å². The summed E-state index contributed by atoms with van der Waals surface area (Å²) in [5.41, 5.74) is 0. The Balaban J connectivity index is 1.68. The fraction of sp³-hybridized carbons (Fsp3) is 0.923. The summed E-state index contributed by atoms with van der Waals surface area (Å²) in [6, 6.07) is 0. The van der Waals surface area contributed by atoms with Crippen molar-refractivity contribution < 1.29 is 13.2 Å². The maximum Gasteiger partial charge on any atom is 0.279 e. The Bertz CT molecular complexity index is 440. The number of carbonyl (C=O) groups excluding carboxylic acids is 1. The molecular formula is C13H26N4O3S. The van der Waals surface area contributed by atoms with Crippen molar-refractivity contribution in [3.8, 4) is 0 Å². The van der Waals surface area contributed by atoms with Gasteiger partial charge in [-0.05, 0) is 12.8 Å². The van der Waals surface area contributed by atoms with E-state index in [2.05, 4.69) is 9.62 Å². The summed E-state index contributed by atoms with van der Waals surface area (Å²) >= 11 is 0. The largest absolute Gasteiger partial charge is 0.340 e. The zero-order valence-electron chi connectivity index (χ0n) is 12.8. The van der Waals surface area contributed by atoms with Crippen LogP contribution in [-0.2, 0) is 15.0 Å². The Morgan fingerprint density at radius 1 is 1.00 bits per heavy atom. The number of carbonyl (C=O) groups is 1. The van der Waals surface area contributed by atoms with Gasteiger partial charge in [-0.2, -0.15) is 12.7 Å². The Labute approximate surface area is 127 Å². The van der Waals surface area contributed by atoms with Gasteiger partial charge in [-0.15, -0.1) is 0 Å². The SMILES string of the molecule is CC(=O)N1CCN(CCNS(=O)(=O)N2CCCCC2)CC1. The van der Waals surface area contributed by atoms with E-state index in [1.807, 2.05) is 4.90 Å². The van der Waals surface area contributed by atoms with E-state index in [9.17, 15) is 13.2 Å². The van der Waals surface area contributed by atoms with Crippen molar-refractivity contribution in [2.45, 2.75) is 26.2 Å². The summed E-state index contributed by atoms with van der Waals surface area (Å²) in [7, 11) is -3.32. The van der Waals surface area contributed by atoms with Crippen molar-refractivity contribution in [2.75, 3.05) is 52.4 Å². The first-order chi connectivity index (χ1) is 9.99. The van der Waals surface area contributed by atoms with Crippen LogP contribution in [0, 0.1) is 0 Å². The zero-order chi connectivity index (χ0) is 15.3. The third kappa shape index (κ3) is 4.91. The molecule has 7 nitrogen and oxygen atoms in total. The van der Waals surface area contributed by atoms with Crippen LogP contribution in [0.3, 0.4) is 0 Å². The second-order valence-electron chi connectivity index (χ2n) is 5.71. The first-order valence-electron chi connectivity index (χ1n) is 7.71. The number of nitrogens with zero attached hydrogens (tertiary/aromatic N) is 3. The van der Waals surface area contributed by atoms with Gasteiger partial charge in [-0.25, -0.2) is 4.72 Å². The lowest BCUT2D eigenvalue weighted by Crippen LogP contribution is -2.50. The molecule has 0 spiro atoms. The van der Waals surface area contributed by atoms with Crippen LogP contribution < -0.4 is 4.72 Å². The second-order valence-corrected chi connectivity index (χ2v) is 7.46. The molecule has 2 rings (SSSR count). The second kappa shape index (κ2) is 7.53. The van der Waals surface area contributed by atoms with Crippen LogP contribution in [0.5, 0.6) is 0 Å². The fourth-order valence-electron chi connectivity index (χ4n) is 2.82. The summed E-state index contributed by atoms with van der Waals surface area (Å²) in [5.74, 6) is 0.112. The molecule has 0 unspecified atom stereocenters. The van der Waals surface area contributed by atoms with Gasteiger partial charge >= 0.3 is 0 Å². The van der Waals surface area contributed by atoms with E-state index in [0.717, 1.165) is 45.4 Å². The van der Waals surface area contributed by atoms with Crippen molar-refractivity contribution in [1.29, 1.82) is 0 Å². The van der Waals surface area contributed by atoms with Crippen LogP contribution in [0.15, 0.2) is 0 Å². The Kier molecular flexibility index (Phi) is 5.98. The molecule has 1 N–H and O–H groups in total. The normalized spacial score (nSPS) is 22.4. The van der Waals surface area contributed by atoms with Crippen LogP contribution in [-0.4, -0.2) is 80.8 Å². The Morgan fingerprint density at radius 3 is 2.19 bits per heavy atom. The molecule has 0 bridgehead atoms. The minimum absolute atomic E-state index is 0.112. The molecule has 0 atom stereocenters. The van der Waals surface area contributed by atoms with E-state index >= 15 is 0 Å². The first-order valence-corrected chi connectivity index (χ1v) is 9.15. The molecular weight excluding hydrogens is 292 g/mol. The van der Waals surface area contributed by atoms with E-state index in [4.69, 9.17) is 0 Å². The van der Waals surface area contributed by atoms with E-state index in [1.54, 1.807) is 11.2 Å². The highest BCUT2D eigenvalue weighted by Gasteiger charge is 2.24. The number of amides is 1. The van der Waals surface area contributed by atoms with Crippen LogP contribution in [0.4, 0.5) is 0 Å². The molecule has 2 aliphatic heterocycles. The fourth-order valence-corrected chi connectivity index (χ4v) is 4.09. The average molecular weight is 318 g/mol. The third-order valence-electron chi connectivity index (χ3n) is 4.19. The zero-order valence-corrected chi connectivity index (χ0v) is 13.6. The molecule has 2 heterocycles. The van der Waals surface area contributed by atoms with Crippen molar-refractivity contribution in [2.24, 2.45) is 0 Å². The van der Waals surface area contributed by atoms with E-state index in [-0.39, 0.29) is 5.91 Å². The molecule has 8 heteroatoms. The standard InChI is InChI=1S/C13H26N4O3S/c1-13(18)16-11-9-15(10-12-16)8-5-14-21(19,20)17-6-3-2-4-7-17/h14H,2-12H2,1H3. The van der Waals surface area contributed by atoms with Crippen LogP contribution in [0.2, 0.25) is 0 Å². The molecule has 0 radical (unpaired) electrons. The predicted octanol–water partition coefficient (Wildman–Crippen LogP) is -0.529. The van der Waals surface area contributed by atoms with Crippen LogP contribution in [0.1, 0.15) is 26.2 Å². The molecule has 2 fully saturated rings. The molecule has 2 saturated heterocycles. The first kappa shape index (κ1) is 16.7. The highest BCUT2D eigenvalue weighted by atomic mass is 32.2. The van der Waals surface area contributed by atoms with Gasteiger partial charge in [0.1, 0.15) is 0 Å². The lowest BCUT2D eigenvalue weighted by atomic mass is 10.2. The van der Waals surface area contributed by atoms with Crippen molar-refractivity contribution >= 4 is 16.1 Å². The quantitative estimate of drug-likeness (QED) is 0.740. The molecule has 0 aromatic rings. The van der Waals surface area contributed by atoms with E-state index in [1.165, 1.54) is 0 Å². The predicted molar refractivity (Wildman–Crippen MR) is 81.0 cm³/mol. The summed E-state index contributed by atoms with van der Waals surface area (Å²) in [5, 5.41) is 0. The lowest BCUT2D eigenvalue weighted by Gasteiger charge is -2.34. The maximum absolute atomic E-state index is 12.1. The summed E-state index contributed by atoms with van der Waals surface area (Å²) in [4.78, 5) is 15.3. The van der Waals surface area contributed by atoms with Crippen LogP contribution >= 0.6 is 0 Å². The molecule has 1 amide bonds. The smallest absolute Gasteiger partial charge is 0.279 e. The number of nitrogens with one attached hydrogen (secondary N) is 1. The van der Waals surface area contributed by atoms with Crippen molar-refractivity contribution in [3.05, 3.63) is 0 Å². The highest BCUT2D eigenvalue weighted by molar-refractivity contribution is 7.87. The van der Waals surface area contributed by atoms with Gasteiger partial charge in [-0.3, -0.25) is 9.69 Å². The van der Waals surface area contributed by atoms with Gasteiger partial charge in [0.2, 0.25) is 5.91 Å². The number of hydrogen-bond acceptors (Lipinski definition) is 4. The lowest BCUT2D eigenvalue weighted by molar-refractivity contribution is -0.130. The van der Waals surface area contributed by atoms with Gasteiger partial charge in [0.25, 0.3) is 10.2 Å². The molecule has 0 aliphatic carbocycles. The number of piperazine rings is 1. The highest BCUT2D eigenvalue weighted by Crippen LogP contribution is 2.11. The van der Waals surface area contributed by atoms with Gasteiger partial charge in [-0.1, -0.05) is 6.42 Å². The van der Waals surface area contributed by atoms with Crippen molar-refractivity contribution in [1.82, 2.24) is 18.8 Å². The monoisotopic (exact) mass is 318 g/mol. The number of piperidine rings is 1. The Hall–Kier alpha value is -0.700. The summed E-state index contributed by atoms with van der Waals surface area (Å²) < 4.78 is 28.5. The molecule has 2 aliphatic rings. The van der Waals surface area contributed by atoms with Gasteiger partial charge in [0.15, 0.2) is 0 Å². The van der Waals surface area contributed by atoms with E-state index < -0.39 is 10.2 Å². The van der Waals surface area contributed by atoms with Gasteiger partial charge < -0.3 is 4.90 Å². The molecule has 0 saturated carbocycles. The number of hydrogen-bond donors (Lipinski definition) is 1. The van der Waals surface area contributed by atoms with Crippen LogP contribution in [0.25, 0.3) is 0 Å². The Morgan fingerprint density at radius 2 is 1.62 bits per heavy atom. The molecule has 122 valence electrons. The molecule has 0 aromatic carbocycles. The van der Waals surface area contributed by atoms with Gasteiger partial charge in [0, 0.05) is 59.3 Å². The molecule has 0 aromatic heterocycles. The third-order valence-corrected chi connectivity index (χ3v) is 5.80. The minimum Gasteiger partial charge on any atom is -0.340 e. The topological polar surface area (TPSA) is 73.0 Å². The minimum atomic E-state index is -3.32. The maximum atomic E-state index is 12.1.